The van der Waals surface area contributed by atoms with Gasteiger partial charge in [0.2, 0.25) is 0 Å². The number of halogens is 2. The Labute approximate surface area is 117 Å². The lowest BCUT2D eigenvalue weighted by atomic mass is 9.98. The molecule has 0 aliphatic carbocycles. The molecule has 0 radical (unpaired) electrons. The van der Waals surface area contributed by atoms with Crippen LogP contribution < -0.4 is 10.1 Å². The summed E-state index contributed by atoms with van der Waals surface area (Å²) >= 11 is 6.04. The highest BCUT2D eigenvalue weighted by molar-refractivity contribution is 6.30. The highest BCUT2D eigenvalue weighted by Crippen LogP contribution is 2.32. The summed E-state index contributed by atoms with van der Waals surface area (Å²) in [6, 6.07) is 11.7. The van der Waals surface area contributed by atoms with Gasteiger partial charge in [-0.2, -0.15) is 0 Å². The van der Waals surface area contributed by atoms with Crippen molar-refractivity contribution in [1.82, 2.24) is 5.32 Å². The van der Waals surface area contributed by atoms with Crippen molar-refractivity contribution in [3.63, 3.8) is 0 Å². The van der Waals surface area contributed by atoms with Gasteiger partial charge in [0, 0.05) is 10.6 Å². The molecule has 0 aliphatic rings. The van der Waals surface area contributed by atoms with E-state index < -0.39 is 0 Å². The fraction of sp³-hybridized carbons (Fsp3) is 0.200. The second-order valence-corrected chi connectivity index (χ2v) is 4.60. The molecular weight excluding hydrogens is 265 g/mol. The molecule has 0 spiro atoms. The lowest BCUT2D eigenvalue weighted by Crippen LogP contribution is -2.18. The van der Waals surface area contributed by atoms with E-state index in [4.69, 9.17) is 16.3 Å². The van der Waals surface area contributed by atoms with E-state index in [1.54, 1.807) is 25.3 Å². The molecule has 100 valence electrons. The highest BCUT2D eigenvalue weighted by Gasteiger charge is 2.17. The Kier molecular flexibility index (Phi) is 4.40. The maximum Gasteiger partial charge on any atom is 0.124 e. The Morgan fingerprint density at radius 2 is 1.84 bits per heavy atom. The zero-order valence-electron chi connectivity index (χ0n) is 10.8. The average molecular weight is 280 g/mol. The smallest absolute Gasteiger partial charge is 0.124 e. The van der Waals surface area contributed by atoms with E-state index in [1.807, 2.05) is 19.2 Å². The van der Waals surface area contributed by atoms with Gasteiger partial charge in [0.25, 0.3) is 0 Å². The summed E-state index contributed by atoms with van der Waals surface area (Å²) in [5.41, 5.74) is 1.87. The molecule has 2 aromatic carbocycles. The SMILES string of the molecule is CNC(c1ccc(F)cc1)c1cc(Cl)ccc1OC. The summed E-state index contributed by atoms with van der Waals surface area (Å²) in [6.07, 6.45) is 0. The van der Waals surface area contributed by atoms with Crippen molar-refractivity contribution < 1.29 is 9.13 Å². The van der Waals surface area contributed by atoms with Crippen LogP contribution in [0.2, 0.25) is 5.02 Å². The molecule has 1 unspecified atom stereocenters. The first-order chi connectivity index (χ1) is 9.15. The topological polar surface area (TPSA) is 21.3 Å². The standard InChI is InChI=1S/C15H15ClFNO/c1-18-15(10-3-6-12(17)7-4-10)13-9-11(16)5-8-14(13)19-2/h3-9,15,18H,1-2H3. The summed E-state index contributed by atoms with van der Waals surface area (Å²) < 4.78 is 18.4. The Bertz CT molecular complexity index is 557. The van der Waals surface area contributed by atoms with E-state index in [9.17, 15) is 4.39 Å². The number of rotatable bonds is 4. The van der Waals surface area contributed by atoms with E-state index in [2.05, 4.69) is 5.32 Å². The van der Waals surface area contributed by atoms with Crippen LogP contribution in [-0.2, 0) is 0 Å². The second-order valence-electron chi connectivity index (χ2n) is 4.16. The molecule has 2 aromatic rings. The molecule has 4 heteroatoms. The maximum atomic E-state index is 13.0. The third-order valence-corrected chi connectivity index (χ3v) is 3.23. The third-order valence-electron chi connectivity index (χ3n) is 2.99. The van der Waals surface area contributed by atoms with Crippen LogP contribution in [0.4, 0.5) is 4.39 Å². The Hall–Kier alpha value is -1.58. The van der Waals surface area contributed by atoms with Gasteiger partial charge in [-0.05, 0) is 42.9 Å². The molecule has 0 fully saturated rings. The van der Waals surface area contributed by atoms with Crippen LogP contribution in [0.25, 0.3) is 0 Å². The molecule has 0 aliphatic heterocycles. The summed E-state index contributed by atoms with van der Waals surface area (Å²) in [5.74, 6) is 0.490. The average Bonchev–Trinajstić information content (AvgIpc) is 2.42. The minimum atomic E-state index is -0.253. The lowest BCUT2D eigenvalue weighted by Gasteiger charge is -2.20. The zero-order chi connectivity index (χ0) is 13.8. The highest BCUT2D eigenvalue weighted by atomic mass is 35.5. The van der Waals surface area contributed by atoms with Gasteiger partial charge in [-0.3, -0.25) is 0 Å². The normalized spacial score (nSPS) is 12.2. The largest absolute Gasteiger partial charge is 0.496 e. The number of benzene rings is 2. The summed E-state index contributed by atoms with van der Waals surface area (Å²) in [5, 5.41) is 3.83. The van der Waals surface area contributed by atoms with Gasteiger partial charge in [-0.25, -0.2) is 4.39 Å². The summed E-state index contributed by atoms with van der Waals surface area (Å²) in [4.78, 5) is 0. The first kappa shape index (κ1) is 13.8. The van der Waals surface area contributed by atoms with E-state index >= 15 is 0 Å². The summed E-state index contributed by atoms with van der Waals surface area (Å²) in [6.45, 7) is 0. The van der Waals surface area contributed by atoms with Crippen molar-refractivity contribution in [3.8, 4) is 5.75 Å². The lowest BCUT2D eigenvalue weighted by molar-refractivity contribution is 0.405. The Balaban J connectivity index is 2.47. The van der Waals surface area contributed by atoms with Gasteiger partial charge in [0.15, 0.2) is 0 Å². The first-order valence-corrected chi connectivity index (χ1v) is 6.29. The van der Waals surface area contributed by atoms with Gasteiger partial charge in [0.05, 0.1) is 13.2 Å². The molecule has 19 heavy (non-hydrogen) atoms. The minimum absolute atomic E-state index is 0.103. The predicted octanol–water partition coefficient (Wildman–Crippen LogP) is 3.80. The van der Waals surface area contributed by atoms with Crippen molar-refractivity contribution in [2.75, 3.05) is 14.2 Å². The Morgan fingerprint density at radius 3 is 2.42 bits per heavy atom. The van der Waals surface area contributed by atoms with Gasteiger partial charge in [0.1, 0.15) is 11.6 Å². The Morgan fingerprint density at radius 1 is 1.16 bits per heavy atom. The number of nitrogens with one attached hydrogen (secondary N) is 1. The fourth-order valence-electron chi connectivity index (χ4n) is 2.09. The van der Waals surface area contributed by atoms with Crippen LogP contribution >= 0.6 is 11.6 Å². The van der Waals surface area contributed by atoms with E-state index in [1.165, 1.54) is 12.1 Å². The van der Waals surface area contributed by atoms with Crippen LogP contribution in [0.5, 0.6) is 5.75 Å². The van der Waals surface area contributed by atoms with Gasteiger partial charge in [-0.15, -0.1) is 0 Å². The van der Waals surface area contributed by atoms with Crippen molar-refractivity contribution in [2.24, 2.45) is 0 Å². The molecule has 0 bridgehead atoms. The minimum Gasteiger partial charge on any atom is -0.496 e. The molecule has 2 nitrogen and oxygen atoms in total. The number of hydrogen-bond donors (Lipinski definition) is 1. The monoisotopic (exact) mass is 279 g/mol. The quantitative estimate of drug-likeness (QED) is 0.919. The first-order valence-electron chi connectivity index (χ1n) is 5.92. The molecule has 1 N–H and O–H groups in total. The van der Waals surface area contributed by atoms with Gasteiger partial charge < -0.3 is 10.1 Å². The molecule has 0 saturated heterocycles. The van der Waals surface area contributed by atoms with E-state index in [0.29, 0.717) is 5.02 Å². The molecular formula is C15H15ClFNO. The number of hydrogen-bond acceptors (Lipinski definition) is 2. The zero-order valence-corrected chi connectivity index (χ0v) is 11.5. The molecule has 0 amide bonds. The van der Waals surface area contributed by atoms with Gasteiger partial charge in [-0.1, -0.05) is 23.7 Å². The molecule has 1 atom stereocenters. The van der Waals surface area contributed by atoms with Crippen molar-refractivity contribution >= 4 is 11.6 Å². The van der Waals surface area contributed by atoms with Crippen molar-refractivity contribution in [3.05, 3.63) is 64.4 Å². The fourth-order valence-corrected chi connectivity index (χ4v) is 2.27. The maximum absolute atomic E-state index is 13.0. The second kappa shape index (κ2) is 6.04. The number of ether oxygens (including phenoxy) is 1. The summed E-state index contributed by atoms with van der Waals surface area (Å²) in [7, 11) is 3.46. The van der Waals surface area contributed by atoms with Crippen LogP contribution in [0, 0.1) is 5.82 Å². The molecule has 0 heterocycles. The van der Waals surface area contributed by atoms with E-state index in [0.717, 1.165) is 16.9 Å². The van der Waals surface area contributed by atoms with Gasteiger partial charge >= 0.3 is 0 Å². The molecule has 0 aromatic heterocycles. The molecule has 0 saturated carbocycles. The van der Waals surface area contributed by atoms with E-state index in [-0.39, 0.29) is 11.9 Å². The van der Waals surface area contributed by atoms with Crippen LogP contribution in [0.3, 0.4) is 0 Å². The van der Waals surface area contributed by atoms with Crippen molar-refractivity contribution in [2.45, 2.75) is 6.04 Å². The van der Waals surface area contributed by atoms with Crippen LogP contribution in [0.15, 0.2) is 42.5 Å². The van der Waals surface area contributed by atoms with Crippen molar-refractivity contribution in [1.29, 1.82) is 0 Å². The predicted molar refractivity (Wildman–Crippen MR) is 75.3 cm³/mol. The number of methoxy groups -OCH3 is 1. The molecule has 2 rings (SSSR count). The van der Waals surface area contributed by atoms with Crippen LogP contribution in [0.1, 0.15) is 17.2 Å². The third kappa shape index (κ3) is 3.06. The van der Waals surface area contributed by atoms with Crippen LogP contribution in [-0.4, -0.2) is 14.2 Å².